The predicted molar refractivity (Wildman–Crippen MR) is 60.9 cm³/mol. The first-order valence-electron chi connectivity index (χ1n) is 5.70. The Morgan fingerprint density at radius 2 is 2.27 bits per heavy atom. The van der Waals surface area contributed by atoms with Gasteiger partial charge in [-0.15, -0.1) is 0 Å². The molecule has 1 aromatic carbocycles. The Balaban J connectivity index is 2.20. The van der Waals surface area contributed by atoms with Crippen molar-refractivity contribution in [1.82, 2.24) is 5.32 Å². The van der Waals surface area contributed by atoms with Crippen LogP contribution in [-0.2, 0) is 6.42 Å². The molecule has 1 nitrogen and oxygen atoms in total. The van der Waals surface area contributed by atoms with Crippen molar-refractivity contribution in [3.8, 4) is 0 Å². The minimum atomic E-state index is -0.750. The fourth-order valence-corrected chi connectivity index (χ4v) is 2.34. The summed E-state index contributed by atoms with van der Waals surface area (Å²) >= 11 is 0. The lowest BCUT2D eigenvalue weighted by molar-refractivity contribution is 0.359. The van der Waals surface area contributed by atoms with Crippen molar-refractivity contribution < 1.29 is 4.39 Å². The fraction of sp³-hybridized carbons (Fsp3) is 0.538. The molecule has 0 aliphatic carbocycles. The van der Waals surface area contributed by atoms with Crippen molar-refractivity contribution in [2.24, 2.45) is 0 Å². The lowest BCUT2D eigenvalue weighted by atomic mass is 9.91. The van der Waals surface area contributed by atoms with E-state index in [1.807, 2.05) is 6.07 Å². The molecule has 0 amide bonds. The van der Waals surface area contributed by atoms with Crippen molar-refractivity contribution in [3.63, 3.8) is 0 Å². The van der Waals surface area contributed by atoms with Crippen LogP contribution in [0.5, 0.6) is 0 Å². The molecule has 82 valence electrons. The van der Waals surface area contributed by atoms with Crippen LogP contribution in [0.4, 0.5) is 4.39 Å². The van der Waals surface area contributed by atoms with Gasteiger partial charge >= 0.3 is 0 Å². The van der Waals surface area contributed by atoms with E-state index in [4.69, 9.17) is 0 Å². The Morgan fingerprint density at radius 3 is 2.93 bits per heavy atom. The molecule has 2 unspecified atom stereocenters. The van der Waals surface area contributed by atoms with Crippen LogP contribution in [0.3, 0.4) is 0 Å². The van der Waals surface area contributed by atoms with Crippen LogP contribution >= 0.6 is 0 Å². The number of hydrogen-bond acceptors (Lipinski definition) is 1. The molecule has 15 heavy (non-hydrogen) atoms. The van der Waals surface area contributed by atoms with E-state index in [1.165, 1.54) is 17.5 Å². The molecule has 1 saturated heterocycles. The molecule has 2 rings (SSSR count). The van der Waals surface area contributed by atoms with Gasteiger partial charge in [-0.05, 0) is 36.9 Å². The number of benzene rings is 1. The van der Waals surface area contributed by atoms with Crippen molar-refractivity contribution in [2.45, 2.75) is 31.9 Å². The van der Waals surface area contributed by atoms with Crippen molar-refractivity contribution in [3.05, 3.63) is 35.4 Å². The van der Waals surface area contributed by atoms with Crippen LogP contribution in [0.25, 0.3) is 0 Å². The molecule has 0 saturated carbocycles. The molecule has 0 radical (unpaired) electrons. The Kier molecular flexibility index (Phi) is 3.37. The van der Waals surface area contributed by atoms with Crippen LogP contribution in [0.1, 0.15) is 30.4 Å². The molecule has 1 fully saturated rings. The van der Waals surface area contributed by atoms with E-state index in [-0.39, 0.29) is 0 Å². The highest BCUT2D eigenvalue weighted by Crippen LogP contribution is 2.26. The largest absolute Gasteiger partial charge is 0.316 e. The Hall–Kier alpha value is -0.890. The second kappa shape index (κ2) is 4.75. The standard InChI is InChI=1S/C13H18FN/c1-10(14)8-11-4-2-3-5-13(11)12-6-7-15-9-12/h2-5,10,12,15H,6-9H2,1H3. The average Bonchev–Trinajstić information content (AvgIpc) is 2.70. The second-order valence-corrected chi connectivity index (χ2v) is 4.37. The summed E-state index contributed by atoms with van der Waals surface area (Å²) in [5.74, 6) is 0.583. The molecular formula is C13H18FN. The smallest absolute Gasteiger partial charge is 0.101 e. The third-order valence-electron chi connectivity index (χ3n) is 3.06. The third-order valence-corrected chi connectivity index (χ3v) is 3.06. The summed E-state index contributed by atoms with van der Waals surface area (Å²) in [6, 6.07) is 8.27. The molecular weight excluding hydrogens is 189 g/mol. The Morgan fingerprint density at radius 1 is 1.47 bits per heavy atom. The molecule has 2 heteroatoms. The van der Waals surface area contributed by atoms with E-state index < -0.39 is 6.17 Å². The van der Waals surface area contributed by atoms with Gasteiger partial charge in [0.1, 0.15) is 6.17 Å². The van der Waals surface area contributed by atoms with Crippen LogP contribution in [-0.4, -0.2) is 19.3 Å². The van der Waals surface area contributed by atoms with Gasteiger partial charge in [0.05, 0.1) is 0 Å². The van der Waals surface area contributed by atoms with Crippen LogP contribution < -0.4 is 5.32 Å². The molecule has 1 aliphatic rings. The van der Waals surface area contributed by atoms with E-state index in [9.17, 15) is 4.39 Å². The van der Waals surface area contributed by atoms with Crippen molar-refractivity contribution in [2.75, 3.05) is 13.1 Å². The number of hydrogen-bond donors (Lipinski definition) is 1. The van der Waals surface area contributed by atoms with Gasteiger partial charge in [-0.1, -0.05) is 24.3 Å². The van der Waals surface area contributed by atoms with E-state index in [1.54, 1.807) is 6.92 Å². The first kappa shape index (κ1) is 10.6. The topological polar surface area (TPSA) is 12.0 Å². The molecule has 0 spiro atoms. The van der Waals surface area contributed by atoms with Gasteiger partial charge in [-0.25, -0.2) is 4.39 Å². The summed E-state index contributed by atoms with van der Waals surface area (Å²) in [5, 5.41) is 3.36. The van der Waals surface area contributed by atoms with Crippen molar-refractivity contribution >= 4 is 0 Å². The van der Waals surface area contributed by atoms with Crippen LogP contribution in [0.15, 0.2) is 24.3 Å². The first-order valence-corrected chi connectivity index (χ1v) is 5.70. The van der Waals surface area contributed by atoms with Crippen LogP contribution in [0.2, 0.25) is 0 Å². The van der Waals surface area contributed by atoms with E-state index in [0.717, 1.165) is 13.1 Å². The SMILES string of the molecule is CC(F)Cc1ccccc1C1CCNC1. The maximum absolute atomic E-state index is 13.0. The Labute approximate surface area is 90.7 Å². The number of alkyl halides is 1. The maximum Gasteiger partial charge on any atom is 0.101 e. The number of nitrogens with one attached hydrogen (secondary N) is 1. The van der Waals surface area contributed by atoms with Gasteiger partial charge in [0, 0.05) is 13.0 Å². The maximum atomic E-state index is 13.0. The highest BCUT2D eigenvalue weighted by molar-refractivity contribution is 5.32. The molecule has 1 aliphatic heterocycles. The molecule has 0 bridgehead atoms. The van der Waals surface area contributed by atoms with Gasteiger partial charge in [0.25, 0.3) is 0 Å². The lowest BCUT2D eigenvalue weighted by Crippen LogP contribution is -2.10. The molecule has 1 heterocycles. The monoisotopic (exact) mass is 207 g/mol. The summed E-state index contributed by atoms with van der Waals surface area (Å²) in [7, 11) is 0. The number of rotatable bonds is 3. The Bertz CT molecular complexity index is 316. The normalized spacial score (nSPS) is 22.9. The zero-order valence-corrected chi connectivity index (χ0v) is 9.17. The van der Waals surface area contributed by atoms with Crippen LogP contribution in [0, 0.1) is 0 Å². The van der Waals surface area contributed by atoms with Gasteiger partial charge in [0.2, 0.25) is 0 Å². The molecule has 0 aromatic heterocycles. The lowest BCUT2D eigenvalue weighted by Gasteiger charge is -2.15. The molecule has 2 atom stereocenters. The summed E-state index contributed by atoms with van der Waals surface area (Å²) < 4.78 is 13.0. The summed E-state index contributed by atoms with van der Waals surface area (Å²) in [6.07, 6.45) is 0.977. The summed E-state index contributed by atoms with van der Waals surface area (Å²) in [4.78, 5) is 0. The predicted octanol–water partition coefficient (Wildman–Crippen LogP) is 2.66. The summed E-state index contributed by atoms with van der Waals surface area (Å²) in [6.45, 7) is 3.76. The average molecular weight is 207 g/mol. The quantitative estimate of drug-likeness (QED) is 0.803. The van der Waals surface area contributed by atoms with Gasteiger partial charge < -0.3 is 5.32 Å². The van der Waals surface area contributed by atoms with Gasteiger partial charge in [-0.3, -0.25) is 0 Å². The number of halogens is 1. The molecule has 1 aromatic rings. The fourth-order valence-electron chi connectivity index (χ4n) is 2.34. The van der Waals surface area contributed by atoms with Crippen molar-refractivity contribution in [1.29, 1.82) is 0 Å². The van der Waals surface area contributed by atoms with Gasteiger partial charge in [0.15, 0.2) is 0 Å². The first-order chi connectivity index (χ1) is 7.27. The highest BCUT2D eigenvalue weighted by Gasteiger charge is 2.19. The molecule has 1 N–H and O–H groups in total. The van der Waals surface area contributed by atoms with E-state index in [2.05, 4.69) is 23.5 Å². The van der Waals surface area contributed by atoms with E-state index in [0.29, 0.717) is 12.3 Å². The third kappa shape index (κ3) is 2.57. The minimum absolute atomic E-state index is 0.548. The minimum Gasteiger partial charge on any atom is -0.316 e. The summed E-state index contributed by atoms with van der Waals surface area (Å²) in [5.41, 5.74) is 2.52. The van der Waals surface area contributed by atoms with E-state index >= 15 is 0 Å². The zero-order valence-electron chi connectivity index (χ0n) is 9.17. The zero-order chi connectivity index (χ0) is 10.7. The second-order valence-electron chi connectivity index (χ2n) is 4.37. The van der Waals surface area contributed by atoms with Gasteiger partial charge in [-0.2, -0.15) is 0 Å². The highest BCUT2D eigenvalue weighted by atomic mass is 19.1.